The van der Waals surface area contributed by atoms with Crippen LogP contribution in [-0.2, 0) is 9.59 Å². The number of para-hydroxylation sites is 1. The third kappa shape index (κ3) is 4.76. The molecule has 2 aliphatic rings. The SMILES string of the molecule is CC1(C)CC(=O)C(C(C2=C(O)CC(C)(C)CC2=O)c2ccc(Sc3nc4ccccc4s3)o2)=C(O)C1. The van der Waals surface area contributed by atoms with Crippen LogP contribution in [0.3, 0.4) is 0 Å². The van der Waals surface area contributed by atoms with Gasteiger partial charge in [-0.1, -0.05) is 39.8 Å². The molecule has 6 nitrogen and oxygen atoms in total. The van der Waals surface area contributed by atoms with Crippen molar-refractivity contribution in [2.45, 2.75) is 68.7 Å². The molecular weight excluding hydrogens is 494 g/mol. The van der Waals surface area contributed by atoms with E-state index in [1.165, 1.54) is 11.8 Å². The highest BCUT2D eigenvalue weighted by Gasteiger charge is 2.44. The summed E-state index contributed by atoms with van der Waals surface area (Å²) in [5.41, 5.74) is 0.429. The van der Waals surface area contributed by atoms with Crippen molar-refractivity contribution in [1.82, 2.24) is 4.98 Å². The Labute approximate surface area is 218 Å². The summed E-state index contributed by atoms with van der Waals surface area (Å²) in [5.74, 6) is -1.16. The van der Waals surface area contributed by atoms with Crippen LogP contribution in [0.4, 0.5) is 0 Å². The molecule has 2 N–H and O–H groups in total. The first-order valence-corrected chi connectivity index (χ1v) is 13.6. The highest BCUT2D eigenvalue weighted by atomic mass is 32.2. The summed E-state index contributed by atoms with van der Waals surface area (Å²) in [5, 5.41) is 22.6. The number of hydrogen-bond acceptors (Lipinski definition) is 8. The van der Waals surface area contributed by atoms with Gasteiger partial charge in [-0.15, -0.1) is 11.3 Å². The van der Waals surface area contributed by atoms with E-state index in [4.69, 9.17) is 4.42 Å². The van der Waals surface area contributed by atoms with Crippen LogP contribution in [0.2, 0.25) is 0 Å². The van der Waals surface area contributed by atoms with Crippen LogP contribution in [-0.4, -0.2) is 26.8 Å². The normalized spacial score (nSPS) is 20.1. The zero-order valence-electron chi connectivity index (χ0n) is 20.8. The molecule has 3 aromatic rings. The molecule has 0 bridgehead atoms. The number of carbonyl (C=O) groups is 2. The van der Waals surface area contributed by atoms with E-state index in [-0.39, 0.29) is 57.9 Å². The minimum Gasteiger partial charge on any atom is -0.512 e. The van der Waals surface area contributed by atoms with Crippen molar-refractivity contribution < 1.29 is 24.2 Å². The molecule has 0 aliphatic heterocycles. The van der Waals surface area contributed by atoms with Crippen LogP contribution in [0.5, 0.6) is 0 Å². The van der Waals surface area contributed by atoms with E-state index in [9.17, 15) is 19.8 Å². The number of thiazole rings is 1. The molecule has 0 saturated carbocycles. The van der Waals surface area contributed by atoms with Crippen molar-refractivity contribution in [2.75, 3.05) is 0 Å². The Hall–Kier alpha value is -2.84. The molecule has 0 fully saturated rings. The molecule has 2 aromatic heterocycles. The third-order valence-corrected chi connectivity index (χ3v) is 8.74. The number of nitrogens with zero attached hydrogens (tertiary/aromatic N) is 1. The average molecular weight is 524 g/mol. The van der Waals surface area contributed by atoms with Gasteiger partial charge >= 0.3 is 0 Å². The Kier molecular flexibility index (Phi) is 6.16. The summed E-state index contributed by atoms with van der Waals surface area (Å²) in [4.78, 5) is 31.3. The lowest BCUT2D eigenvalue weighted by Crippen LogP contribution is -2.33. The molecule has 0 radical (unpaired) electrons. The van der Waals surface area contributed by atoms with E-state index in [2.05, 4.69) is 4.98 Å². The lowest BCUT2D eigenvalue weighted by atomic mass is 9.68. The first-order valence-electron chi connectivity index (χ1n) is 12.0. The Morgan fingerprint density at radius 2 is 1.47 bits per heavy atom. The maximum atomic E-state index is 13.3. The van der Waals surface area contributed by atoms with E-state index < -0.39 is 5.92 Å². The second-order valence-electron chi connectivity index (χ2n) is 11.2. The summed E-state index contributed by atoms with van der Waals surface area (Å²) in [7, 11) is 0. The molecule has 0 unspecified atom stereocenters. The van der Waals surface area contributed by atoms with Crippen LogP contribution < -0.4 is 0 Å². The lowest BCUT2D eigenvalue weighted by molar-refractivity contribution is -0.119. The van der Waals surface area contributed by atoms with Gasteiger partial charge in [-0.2, -0.15) is 0 Å². The molecule has 1 aromatic carbocycles. The standard InChI is InChI=1S/C28H29NO5S2/c1-27(2)11-16(30)23(17(31)12-27)25(24-18(32)13-28(3,4)14-19(24)33)20-9-10-22(34-20)36-26-29-15-7-5-6-8-21(15)35-26/h5-10,25,30,32H,11-14H2,1-4H3. The van der Waals surface area contributed by atoms with Crippen molar-refractivity contribution in [2.24, 2.45) is 10.8 Å². The van der Waals surface area contributed by atoms with Gasteiger partial charge in [-0.25, -0.2) is 4.98 Å². The number of Topliss-reactive ketones (excluding diaryl/α,β-unsaturated/α-hetero) is 2. The third-order valence-electron chi connectivity index (χ3n) is 6.72. The molecule has 2 heterocycles. The molecule has 36 heavy (non-hydrogen) atoms. The fourth-order valence-electron chi connectivity index (χ4n) is 5.21. The number of furan rings is 1. The lowest BCUT2D eigenvalue weighted by Gasteiger charge is -2.35. The van der Waals surface area contributed by atoms with Crippen molar-refractivity contribution in [3.05, 3.63) is 64.8 Å². The van der Waals surface area contributed by atoms with E-state index in [1.807, 2.05) is 52.0 Å². The number of fused-ring (bicyclic) bond motifs is 1. The van der Waals surface area contributed by atoms with E-state index in [1.54, 1.807) is 23.5 Å². The molecule has 0 amide bonds. The van der Waals surface area contributed by atoms with Gasteiger partial charge in [0, 0.05) is 36.8 Å². The van der Waals surface area contributed by atoms with Crippen molar-refractivity contribution in [1.29, 1.82) is 0 Å². The number of allylic oxidation sites excluding steroid dienone is 4. The quantitative estimate of drug-likeness (QED) is 0.356. The fraction of sp³-hybridized carbons (Fsp3) is 0.393. The molecule has 0 saturated heterocycles. The molecule has 2 aliphatic carbocycles. The van der Waals surface area contributed by atoms with Gasteiger partial charge < -0.3 is 14.6 Å². The number of aromatic nitrogens is 1. The van der Waals surface area contributed by atoms with Crippen LogP contribution in [0.1, 0.15) is 65.1 Å². The molecule has 188 valence electrons. The smallest absolute Gasteiger partial charge is 0.167 e. The van der Waals surface area contributed by atoms with Gasteiger partial charge in [0.2, 0.25) is 0 Å². The molecular formula is C28H29NO5S2. The molecule has 5 rings (SSSR count). The number of aliphatic hydroxyl groups excluding tert-OH is 2. The molecule has 0 spiro atoms. The summed E-state index contributed by atoms with van der Waals surface area (Å²) < 4.78 is 8.06. The Bertz CT molecular complexity index is 1350. The predicted molar refractivity (Wildman–Crippen MR) is 141 cm³/mol. The summed E-state index contributed by atoms with van der Waals surface area (Å²) in [6.45, 7) is 7.71. The highest BCUT2D eigenvalue weighted by molar-refractivity contribution is 8.01. The van der Waals surface area contributed by atoms with Crippen LogP contribution in [0, 0.1) is 10.8 Å². The average Bonchev–Trinajstić information content (AvgIpc) is 3.36. The van der Waals surface area contributed by atoms with Gasteiger partial charge in [0.1, 0.15) is 17.3 Å². The van der Waals surface area contributed by atoms with Gasteiger partial charge in [0.15, 0.2) is 21.0 Å². The Morgan fingerprint density at radius 3 is 2.03 bits per heavy atom. The van der Waals surface area contributed by atoms with Crippen molar-refractivity contribution in [3.63, 3.8) is 0 Å². The number of carbonyl (C=O) groups excluding carboxylic acids is 2. The van der Waals surface area contributed by atoms with Crippen LogP contribution >= 0.6 is 23.1 Å². The number of benzene rings is 1. The number of rotatable bonds is 5. The number of hydrogen-bond donors (Lipinski definition) is 2. The van der Waals surface area contributed by atoms with Crippen LogP contribution in [0.25, 0.3) is 10.2 Å². The van der Waals surface area contributed by atoms with Gasteiger partial charge in [0.05, 0.1) is 16.1 Å². The van der Waals surface area contributed by atoms with Crippen LogP contribution in [0.15, 0.2) is 72.9 Å². The first-order chi connectivity index (χ1) is 16.9. The van der Waals surface area contributed by atoms with Crippen molar-refractivity contribution >= 4 is 44.9 Å². The summed E-state index contributed by atoms with van der Waals surface area (Å²) in [6, 6.07) is 11.4. The minimum atomic E-state index is -0.957. The summed E-state index contributed by atoms with van der Waals surface area (Å²) >= 11 is 2.91. The zero-order chi connectivity index (χ0) is 25.8. The van der Waals surface area contributed by atoms with E-state index >= 15 is 0 Å². The monoisotopic (exact) mass is 523 g/mol. The van der Waals surface area contributed by atoms with E-state index in [0.717, 1.165) is 14.6 Å². The molecule has 0 atom stereocenters. The summed E-state index contributed by atoms with van der Waals surface area (Å²) in [6.07, 6.45) is 1.11. The van der Waals surface area contributed by atoms with Gasteiger partial charge in [0.25, 0.3) is 0 Å². The zero-order valence-corrected chi connectivity index (χ0v) is 22.4. The molecule has 8 heteroatoms. The first kappa shape index (κ1) is 24.8. The highest BCUT2D eigenvalue weighted by Crippen LogP contribution is 2.49. The van der Waals surface area contributed by atoms with Crippen molar-refractivity contribution in [3.8, 4) is 0 Å². The maximum absolute atomic E-state index is 13.3. The van der Waals surface area contributed by atoms with Gasteiger partial charge in [-0.3, -0.25) is 9.59 Å². The topological polar surface area (TPSA) is 101 Å². The Balaban J connectivity index is 1.57. The number of ketones is 2. The second kappa shape index (κ2) is 8.92. The Morgan fingerprint density at radius 1 is 0.889 bits per heavy atom. The van der Waals surface area contributed by atoms with E-state index in [0.29, 0.717) is 23.7 Å². The predicted octanol–water partition coefficient (Wildman–Crippen LogP) is 7.53. The van der Waals surface area contributed by atoms with Gasteiger partial charge in [-0.05, 0) is 46.9 Å². The minimum absolute atomic E-state index is 0.0454. The fourth-order valence-corrected chi connectivity index (χ4v) is 7.18. The largest absolute Gasteiger partial charge is 0.512 e. The second-order valence-corrected chi connectivity index (χ2v) is 13.5. The maximum Gasteiger partial charge on any atom is 0.167 e. The number of aliphatic hydroxyl groups is 2.